The molecular formula is C11H15N3O3. The van der Waals surface area contributed by atoms with E-state index in [4.69, 9.17) is 0 Å². The Morgan fingerprint density at radius 3 is 2.65 bits per heavy atom. The number of amides is 1. The summed E-state index contributed by atoms with van der Waals surface area (Å²) in [5.74, 6) is -0.138. The van der Waals surface area contributed by atoms with Crippen LogP contribution in [-0.2, 0) is 4.79 Å². The van der Waals surface area contributed by atoms with Crippen molar-refractivity contribution in [2.24, 2.45) is 0 Å². The molecule has 0 bridgehead atoms. The quantitative estimate of drug-likeness (QED) is 0.634. The van der Waals surface area contributed by atoms with E-state index in [0.29, 0.717) is 11.3 Å². The molecule has 0 saturated carbocycles. The molecule has 1 rings (SSSR count). The van der Waals surface area contributed by atoms with Gasteiger partial charge in [0.1, 0.15) is 5.69 Å². The Bertz CT molecular complexity index is 444. The average Bonchev–Trinajstić information content (AvgIpc) is 2.24. The van der Waals surface area contributed by atoms with Gasteiger partial charge in [0.2, 0.25) is 5.91 Å². The number of likely N-dealkylation sites (N-methyl/N-ethyl adjacent to an activating group) is 1. The second-order valence-corrected chi connectivity index (χ2v) is 3.87. The number of anilines is 1. The van der Waals surface area contributed by atoms with Crippen LogP contribution < -0.4 is 5.32 Å². The maximum Gasteiger partial charge on any atom is 0.295 e. The molecule has 0 aliphatic rings. The molecule has 17 heavy (non-hydrogen) atoms. The molecule has 0 radical (unpaired) electrons. The normalized spacial score (nSPS) is 9.82. The number of para-hydroxylation sites is 1. The lowest BCUT2D eigenvalue weighted by Gasteiger charge is -2.12. The van der Waals surface area contributed by atoms with E-state index in [9.17, 15) is 14.9 Å². The standard InChI is InChI=1S/C11H15N3O3/c1-8-5-4-6-9(11(8)14(16)17)12-7-10(15)13(2)3/h4-6,12H,7H2,1-3H3. The van der Waals surface area contributed by atoms with Crippen molar-refractivity contribution < 1.29 is 9.72 Å². The Morgan fingerprint density at radius 2 is 2.12 bits per heavy atom. The van der Waals surface area contributed by atoms with E-state index in [0.717, 1.165) is 0 Å². The number of carbonyl (C=O) groups is 1. The van der Waals surface area contributed by atoms with Gasteiger partial charge < -0.3 is 10.2 Å². The fraction of sp³-hybridized carbons (Fsp3) is 0.364. The molecular weight excluding hydrogens is 222 g/mol. The number of nitro benzene ring substituents is 1. The lowest BCUT2D eigenvalue weighted by molar-refractivity contribution is -0.384. The second kappa shape index (κ2) is 5.29. The highest BCUT2D eigenvalue weighted by Crippen LogP contribution is 2.27. The van der Waals surface area contributed by atoms with Crippen molar-refractivity contribution in [3.05, 3.63) is 33.9 Å². The summed E-state index contributed by atoms with van der Waals surface area (Å²) >= 11 is 0. The van der Waals surface area contributed by atoms with Crippen molar-refractivity contribution in [1.29, 1.82) is 0 Å². The summed E-state index contributed by atoms with van der Waals surface area (Å²) in [7, 11) is 3.27. The predicted octanol–water partition coefficient (Wildman–Crippen LogP) is 1.40. The van der Waals surface area contributed by atoms with Gasteiger partial charge in [0.25, 0.3) is 5.69 Å². The minimum absolute atomic E-state index is 0.0130. The number of hydrogen-bond donors (Lipinski definition) is 1. The number of carbonyl (C=O) groups excluding carboxylic acids is 1. The third kappa shape index (κ3) is 3.17. The molecule has 0 saturated heterocycles. The van der Waals surface area contributed by atoms with E-state index in [1.807, 2.05) is 0 Å². The van der Waals surface area contributed by atoms with Gasteiger partial charge >= 0.3 is 0 Å². The van der Waals surface area contributed by atoms with Crippen molar-refractivity contribution in [2.75, 3.05) is 26.0 Å². The number of benzene rings is 1. The second-order valence-electron chi connectivity index (χ2n) is 3.87. The summed E-state index contributed by atoms with van der Waals surface area (Å²) < 4.78 is 0. The van der Waals surface area contributed by atoms with Crippen LogP contribution in [0.5, 0.6) is 0 Å². The van der Waals surface area contributed by atoms with E-state index in [1.165, 1.54) is 4.90 Å². The zero-order valence-electron chi connectivity index (χ0n) is 10.1. The average molecular weight is 237 g/mol. The Labute approximate surface area is 99.4 Å². The third-order valence-corrected chi connectivity index (χ3v) is 2.35. The Balaban J connectivity index is 2.88. The van der Waals surface area contributed by atoms with Gasteiger partial charge in [0.15, 0.2) is 0 Å². The highest BCUT2D eigenvalue weighted by molar-refractivity contribution is 5.81. The first-order valence-corrected chi connectivity index (χ1v) is 5.11. The SMILES string of the molecule is Cc1cccc(NCC(=O)N(C)C)c1[N+](=O)[O-]. The first kappa shape index (κ1) is 13.0. The molecule has 0 aromatic heterocycles. The van der Waals surface area contributed by atoms with Crippen molar-refractivity contribution in [3.63, 3.8) is 0 Å². The summed E-state index contributed by atoms with van der Waals surface area (Å²) in [5, 5.41) is 13.7. The van der Waals surface area contributed by atoms with Gasteiger partial charge in [-0.15, -0.1) is 0 Å². The van der Waals surface area contributed by atoms with Crippen LogP contribution in [0.25, 0.3) is 0 Å². The van der Waals surface area contributed by atoms with E-state index in [2.05, 4.69) is 5.32 Å². The number of rotatable bonds is 4. The van der Waals surface area contributed by atoms with Gasteiger partial charge in [0, 0.05) is 19.7 Å². The molecule has 1 aromatic rings. The number of nitrogens with one attached hydrogen (secondary N) is 1. The fourth-order valence-corrected chi connectivity index (χ4v) is 1.37. The van der Waals surface area contributed by atoms with Gasteiger partial charge in [0.05, 0.1) is 11.5 Å². The topological polar surface area (TPSA) is 75.5 Å². The van der Waals surface area contributed by atoms with E-state index < -0.39 is 4.92 Å². The van der Waals surface area contributed by atoms with Crippen LogP contribution in [-0.4, -0.2) is 36.4 Å². The van der Waals surface area contributed by atoms with Crippen molar-refractivity contribution in [2.45, 2.75) is 6.92 Å². The summed E-state index contributed by atoms with van der Waals surface area (Å²) in [5.41, 5.74) is 0.946. The Hall–Kier alpha value is -2.11. The molecule has 1 aromatic carbocycles. The van der Waals surface area contributed by atoms with Crippen LogP contribution in [0.2, 0.25) is 0 Å². The van der Waals surface area contributed by atoms with Crippen LogP contribution >= 0.6 is 0 Å². The number of aryl methyl sites for hydroxylation is 1. The van der Waals surface area contributed by atoms with Crippen LogP contribution in [0.4, 0.5) is 11.4 Å². The van der Waals surface area contributed by atoms with Crippen molar-refractivity contribution >= 4 is 17.3 Å². The molecule has 0 heterocycles. The summed E-state index contributed by atoms with van der Waals surface area (Å²) in [6, 6.07) is 4.97. The molecule has 0 spiro atoms. The first-order chi connectivity index (χ1) is 7.93. The van der Waals surface area contributed by atoms with E-state index in [1.54, 1.807) is 39.2 Å². The zero-order chi connectivity index (χ0) is 13.0. The lowest BCUT2D eigenvalue weighted by atomic mass is 10.1. The largest absolute Gasteiger partial charge is 0.371 e. The molecule has 0 unspecified atom stereocenters. The van der Waals surface area contributed by atoms with Gasteiger partial charge in [-0.05, 0) is 13.0 Å². The van der Waals surface area contributed by atoms with Gasteiger partial charge in [-0.3, -0.25) is 14.9 Å². The maximum absolute atomic E-state index is 11.4. The summed E-state index contributed by atoms with van der Waals surface area (Å²) in [6.45, 7) is 1.70. The monoisotopic (exact) mass is 237 g/mol. The van der Waals surface area contributed by atoms with Crippen LogP contribution in [0.3, 0.4) is 0 Å². The lowest BCUT2D eigenvalue weighted by Crippen LogP contribution is -2.28. The number of nitro groups is 1. The molecule has 0 aliphatic heterocycles. The summed E-state index contributed by atoms with van der Waals surface area (Å²) in [6.07, 6.45) is 0. The third-order valence-electron chi connectivity index (χ3n) is 2.35. The molecule has 0 aliphatic carbocycles. The van der Waals surface area contributed by atoms with Gasteiger partial charge in [-0.2, -0.15) is 0 Å². The minimum Gasteiger partial charge on any atom is -0.371 e. The van der Waals surface area contributed by atoms with Crippen LogP contribution in [0, 0.1) is 17.0 Å². The van der Waals surface area contributed by atoms with Crippen LogP contribution in [0.1, 0.15) is 5.56 Å². The van der Waals surface area contributed by atoms with E-state index in [-0.39, 0.29) is 18.1 Å². The highest BCUT2D eigenvalue weighted by Gasteiger charge is 2.17. The molecule has 1 amide bonds. The molecule has 1 N–H and O–H groups in total. The first-order valence-electron chi connectivity index (χ1n) is 5.11. The fourth-order valence-electron chi connectivity index (χ4n) is 1.37. The van der Waals surface area contributed by atoms with Crippen molar-refractivity contribution in [3.8, 4) is 0 Å². The maximum atomic E-state index is 11.4. The summed E-state index contributed by atoms with van der Waals surface area (Å²) in [4.78, 5) is 23.2. The van der Waals surface area contributed by atoms with E-state index >= 15 is 0 Å². The molecule has 6 heteroatoms. The van der Waals surface area contributed by atoms with Gasteiger partial charge in [-0.25, -0.2) is 0 Å². The zero-order valence-corrected chi connectivity index (χ0v) is 10.1. The highest BCUT2D eigenvalue weighted by atomic mass is 16.6. The number of hydrogen-bond acceptors (Lipinski definition) is 4. The van der Waals surface area contributed by atoms with Crippen LogP contribution in [0.15, 0.2) is 18.2 Å². The molecule has 6 nitrogen and oxygen atoms in total. The van der Waals surface area contributed by atoms with Gasteiger partial charge in [-0.1, -0.05) is 12.1 Å². The minimum atomic E-state index is -0.447. The molecule has 0 fully saturated rings. The Kier molecular flexibility index (Phi) is 4.03. The molecule has 92 valence electrons. The number of nitrogens with zero attached hydrogens (tertiary/aromatic N) is 2. The molecule has 0 atom stereocenters. The predicted molar refractivity (Wildman–Crippen MR) is 65.0 cm³/mol. The Morgan fingerprint density at radius 1 is 1.47 bits per heavy atom. The van der Waals surface area contributed by atoms with Crippen molar-refractivity contribution in [1.82, 2.24) is 4.90 Å². The smallest absolute Gasteiger partial charge is 0.295 e.